The number of hydrogen-bond acceptors (Lipinski definition) is 7. The van der Waals surface area contributed by atoms with Crippen molar-refractivity contribution in [1.82, 2.24) is 30.7 Å². The van der Waals surface area contributed by atoms with Crippen molar-refractivity contribution >= 4 is 22.5 Å². The molecule has 1 spiro atoms. The summed E-state index contributed by atoms with van der Waals surface area (Å²) in [6.45, 7) is 4.73. The number of hydrogen-bond donors (Lipinski definition) is 3. The lowest BCUT2D eigenvalue weighted by Crippen LogP contribution is -2.59. The van der Waals surface area contributed by atoms with Crippen molar-refractivity contribution in [3.63, 3.8) is 0 Å². The number of aromatic nitrogens is 5. The van der Waals surface area contributed by atoms with E-state index in [1.165, 1.54) is 25.7 Å². The van der Waals surface area contributed by atoms with Gasteiger partial charge < -0.3 is 16.0 Å². The van der Waals surface area contributed by atoms with Gasteiger partial charge in [0.2, 0.25) is 0 Å². The molecular formula is C19H24N8. The molecule has 0 radical (unpaired) electrons. The molecule has 1 aliphatic heterocycles. The highest BCUT2D eigenvalue weighted by Crippen LogP contribution is 2.34. The Kier molecular flexibility index (Phi) is 3.75. The second-order valence-electron chi connectivity index (χ2n) is 7.75. The Morgan fingerprint density at radius 3 is 2.89 bits per heavy atom. The number of benzene rings is 1. The van der Waals surface area contributed by atoms with Crippen molar-refractivity contribution in [2.75, 3.05) is 30.3 Å². The van der Waals surface area contributed by atoms with Crippen LogP contribution in [0.25, 0.3) is 22.3 Å². The SMILES string of the molecule is Cc1n[nH]c2ccc(-c3nnc(N)c(N4CCNC5(CCCC5)C4)n3)cc12. The van der Waals surface area contributed by atoms with Gasteiger partial charge in [0.05, 0.1) is 11.2 Å². The van der Waals surface area contributed by atoms with Crippen LogP contribution < -0.4 is 16.0 Å². The molecule has 8 heteroatoms. The van der Waals surface area contributed by atoms with Crippen LogP contribution in [0, 0.1) is 6.92 Å². The highest BCUT2D eigenvalue weighted by atomic mass is 15.3. The van der Waals surface area contributed by atoms with Gasteiger partial charge in [0.25, 0.3) is 0 Å². The van der Waals surface area contributed by atoms with Gasteiger partial charge in [0, 0.05) is 36.1 Å². The fourth-order valence-corrected chi connectivity index (χ4v) is 4.49. The first-order valence-corrected chi connectivity index (χ1v) is 9.59. The predicted molar refractivity (Wildman–Crippen MR) is 105 cm³/mol. The van der Waals surface area contributed by atoms with Crippen LogP contribution in [0.4, 0.5) is 11.6 Å². The lowest BCUT2D eigenvalue weighted by Gasteiger charge is -2.42. The molecule has 140 valence electrons. The van der Waals surface area contributed by atoms with E-state index in [4.69, 9.17) is 10.7 Å². The minimum atomic E-state index is 0.197. The molecule has 2 fully saturated rings. The summed E-state index contributed by atoms with van der Waals surface area (Å²) in [6, 6.07) is 6.05. The van der Waals surface area contributed by atoms with E-state index in [0.717, 1.165) is 47.6 Å². The van der Waals surface area contributed by atoms with Crippen molar-refractivity contribution < 1.29 is 0 Å². The van der Waals surface area contributed by atoms with E-state index >= 15 is 0 Å². The average molecular weight is 364 g/mol. The Bertz CT molecular complexity index is 989. The third kappa shape index (κ3) is 2.80. The van der Waals surface area contributed by atoms with Gasteiger partial charge in [-0.3, -0.25) is 5.10 Å². The Labute approximate surface area is 157 Å². The Balaban J connectivity index is 1.51. The van der Waals surface area contributed by atoms with Crippen LogP contribution >= 0.6 is 0 Å². The Hall–Kier alpha value is -2.74. The molecule has 0 bridgehead atoms. The number of rotatable bonds is 2. The molecule has 0 unspecified atom stereocenters. The first kappa shape index (κ1) is 16.4. The second kappa shape index (κ2) is 6.16. The molecule has 8 nitrogen and oxygen atoms in total. The minimum Gasteiger partial charge on any atom is -0.379 e. The normalized spacial score (nSPS) is 19.2. The predicted octanol–water partition coefficient (Wildman–Crippen LogP) is 2.03. The fourth-order valence-electron chi connectivity index (χ4n) is 4.49. The number of aromatic amines is 1. The summed E-state index contributed by atoms with van der Waals surface area (Å²) in [4.78, 5) is 7.09. The number of nitrogen functional groups attached to an aromatic ring is 1. The zero-order chi connectivity index (χ0) is 18.4. The number of nitrogens with one attached hydrogen (secondary N) is 2. The van der Waals surface area contributed by atoms with E-state index in [2.05, 4.69) is 36.7 Å². The maximum Gasteiger partial charge on any atom is 0.189 e. The smallest absolute Gasteiger partial charge is 0.189 e. The lowest BCUT2D eigenvalue weighted by atomic mass is 9.94. The number of H-pyrrole nitrogens is 1. The molecule has 1 saturated heterocycles. The summed E-state index contributed by atoms with van der Waals surface area (Å²) in [7, 11) is 0. The largest absolute Gasteiger partial charge is 0.379 e. The zero-order valence-electron chi connectivity index (χ0n) is 15.5. The molecule has 1 saturated carbocycles. The molecule has 0 amide bonds. The highest BCUT2D eigenvalue weighted by molar-refractivity contribution is 5.85. The molecule has 3 aromatic rings. The Morgan fingerprint density at radius 2 is 2.04 bits per heavy atom. The number of anilines is 2. The molecule has 5 rings (SSSR count). The molecule has 3 heterocycles. The van der Waals surface area contributed by atoms with Crippen LogP contribution in [0.3, 0.4) is 0 Å². The van der Waals surface area contributed by atoms with Crippen LogP contribution in [-0.2, 0) is 0 Å². The zero-order valence-corrected chi connectivity index (χ0v) is 15.5. The summed E-state index contributed by atoms with van der Waals surface area (Å²) < 4.78 is 0. The number of nitrogens with zero attached hydrogens (tertiary/aromatic N) is 5. The minimum absolute atomic E-state index is 0.197. The third-order valence-corrected chi connectivity index (χ3v) is 5.94. The van der Waals surface area contributed by atoms with Gasteiger partial charge >= 0.3 is 0 Å². The van der Waals surface area contributed by atoms with E-state index in [1.54, 1.807) is 0 Å². The topological polar surface area (TPSA) is 109 Å². The Morgan fingerprint density at radius 1 is 1.19 bits per heavy atom. The van der Waals surface area contributed by atoms with E-state index in [-0.39, 0.29) is 5.54 Å². The molecule has 1 aromatic carbocycles. The van der Waals surface area contributed by atoms with E-state index in [9.17, 15) is 0 Å². The van der Waals surface area contributed by atoms with Gasteiger partial charge in [-0.2, -0.15) is 5.10 Å². The van der Waals surface area contributed by atoms with Crippen molar-refractivity contribution in [2.45, 2.75) is 38.1 Å². The summed E-state index contributed by atoms with van der Waals surface area (Å²) in [5.41, 5.74) is 9.25. The van der Waals surface area contributed by atoms with Crippen LogP contribution in [0.2, 0.25) is 0 Å². The van der Waals surface area contributed by atoms with Crippen molar-refractivity contribution in [2.24, 2.45) is 0 Å². The number of aryl methyl sites for hydroxylation is 1. The van der Waals surface area contributed by atoms with E-state index in [0.29, 0.717) is 11.6 Å². The van der Waals surface area contributed by atoms with Crippen LogP contribution in [-0.4, -0.2) is 50.6 Å². The average Bonchev–Trinajstić information content (AvgIpc) is 3.29. The van der Waals surface area contributed by atoms with E-state index < -0.39 is 0 Å². The van der Waals surface area contributed by atoms with Gasteiger partial charge in [0.1, 0.15) is 0 Å². The summed E-state index contributed by atoms with van der Waals surface area (Å²) in [6.07, 6.45) is 5.00. The van der Waals surface area contributed by atoms with Crippen molar-refractivity contribution in [1.29, 1.82) is 0 Å². The molecular weight excluding hydrogens is 340 g/mol. The highest BCUT2D eigenvalue weighted by Gasteiger charge is 2.38. The third-order valence-electron chi connectivity index (χ3n) is 5.94. The molecule has 2 aromatic heterocycles. The van der Waals surface area contributed by atoms with Gasteiger partial charge in [-0.15, -0.1) is 10.2 Å². The first-order chi connectivity index (χ1) is 13.1. The number of nitrogens with two attached hydrogens (primary N) is 1. The summed E-state index contributed by atoms with van der Waals surface area (Å²) in [5.74, 6) is 1.74. The molecule has 1 aliphatic carbocycles. The van der Waals surface area contributed by atoms with Crippen LogP contribution in [0.5, 0.6) is 0 Å². The van der Waals surface area contributed by atoms with Crippen molar-refractivity contribution in [3.8, 4) is 11.4 Å². The van der Waals surface area contributed by atoms with Gasteiger partial charge in [-0.1, -0.05) is 12.8 Å². The summed E-state index contributed by atoms with van der Waals surface area (Å²) in [5, 5.41) is 20.6. The number of piperazine rings is 1. The molecule has 4 N–H and O–H groups in total. The summed E-state index contributed by atoms with van der Waals surface area (Å²) >= 11 is 0. The maximum absolute atomic E-state index is 6.17. The molecule has 0 atom stereocenters. The lowest BCUT2D eigenvalue weighted by molar-refractivity contribution is 0.303. The second-order valence-corrected chi connectivity index (χ2v) is 7.75. The van der Waals surface area contributed by atoms with Crippen LogP contribution in [0.15, 0.2) is 18.2 Å². The molecule has 2 aliphatic rings. The van der Waals surface area contributed by atoms with Crippen LogP contribution in [0.1, 0.15) is 31.4 Å². The first-order valence-electron chi connectivity index (χ1n) is 9.59. The monoisotopic (exact) mass is 364 g/mol. The number of fused-ring (bicyclic) bond motifs is 1. The standard InChI is InChI=1S/C19H24N8/c1-12-14-10-13(4-5-15(14)24-23-12)17-22-18(16(20)25-26-17)27-9-8-21-19(11-27)6-2-3-7-19/h4-5,10,21H,2-3,6-9,11H2,1H3,(H2,20,25)(H,23,24). The van der Waals surface area contributed by atoms with Crippen molar-refractivity contribution in [3.05, 3.63) is 23.9 Å². The van der Waals surface area contributed by atoms with Gasteiger partial charge in [-0.05, 0) is 38.0 Å². The van der Waals surface area contributed by atoms with E-state index in [1.807, 2.05) is 19.1 Å². The fraction of sp³-hybridized carbons (Fsp3) is 0.474. The quantitative estimate of drug-likeness (QED) is 0.638. The van der Waals surface area contributed by atoms with Gasteiger partial charge in [-0.25, -0.2) is 4.98 Å². The maximum atomic E-state index is 6.17. The van der Waals surface area contributed by atoms with Gasteiger partial charge in [0.15, 0.2) is 17.5 Å². The molecule has 27 heavy (non-hydrogen) atoms.